The molecule has 0 bridgehead atoms. The zero-order valence-electron chi connectivity index (χ0n) is 13.9. The monoisotopic (exact) mass is 318 g/mol. The van der Waals surface area contributed by atoms with E-state index in [1.807, 2.05) is 62.4 Å². The normalized spacial score (nSPS) is 10.5. The van der Waals surface area contributed by atoms with Gasteiger partial charge in [-0.15, -0.1) is 0 Å². The van der Waals surface area contributed by atoms with Crippen LogP contribution in [0.5, 0.6) is 0 Å². The Morgan fingerprint density at radius 1 is 0.833 bits per heavy atom. The minimum atomic E-state index is -0.473. The summed E-state index contributed by atoms with van der Waals surface area (Å²) >= 11 is 0. The maximum atomic E-state index is 12.0. The Kier molecular flexibility index (Phi) is 4.38. The smallest absolute Gasteiger partial charge is 0.356 e. The summed E-state index contributed by atoms with van der Waals surface area (Å²) in [5, 5.41) is 0. The molecule has 1 aromatic heterocycles. The Bertz CT molecular complexity index is 805. The van der Waals surface area contributed by atoms with E-state index in [0.29, 0.717) is 11.5 Å². The molecule has 0 N–H and O–H groups in total. The highest BCUT2D eigenvalue weighted by Crippen LogP contribution is 2.23. The van der Waals surface area contributed by atoms with Crippen molar-refractivity contribution in [1.29, 1.82) is 0 Å². The summed E-state index contributed by atoms with van der Waals surface area (Å²) in [6.07, 6.45) is 0. The van der Waals surface area contributed by atoms with Crippen LogP contribution < -0.4 is 0 Å². The molecule has 3 rings (SSSR count). The Balaban J connectivity index is 2.14. The molecule has 120 valence electrons. The SMILES string of the molecule is COC(=O)c1cc(-c2ccc(C)cc2)nc(-c2ccc(C)cc2)n1. The second kappa shape index (κ2) is 6.62. The van der Waals surface area contributed by atoms with Crippen molar-refractivity contribution in [3.8, 4) is 22.6 Å². The Morgan fingerprint density at radius 3 is 1.92 bits per heavy atom. The average Bonchev–Trinajstić information content (AvgIpc) is 2.62. The first-order valence-corrected chi connectivity index (χ1v) is 7.68. The zero-order valence-corrected chi connectivity index (χ0v) is 13.9. The molecule has 3 aromatic rings. The van der Waals surface area contributed by atoms with Crippen molar-refractivity contribution in [3.63, 3.8) is 0 Å². The third kappa shape index (κ3) is 3.33. The molecule has 0 aliphatic carbocycles. The Hall–Kier alpha value is -3.01. The fourth-order valence-corrected chi connectivity index (χ4v) is 2.36. The molecular formula is C20H18N2O2. The molecule has 0 unspecified atom stereocenters. The molecule has 0 fully saturated rings. The van der Waals surface area contributed by atoms with E-state index in [1.165, 1.54) is 12.7 Å². The van der Waals surface area contributed by atoms with E-state index in [-0.39, 0.29) is 5.69 Å². The van der Waals surface area contributed by atoms with Gasteiger partial charge in [-0.1, -0.05) is 59.7 Å². The largest absolute Gasteiger partial charge is 0.464 e. The number of rotatable bonds is 3. The number of carbonyl (C=O) groups excluding carboxylic acids is 1. The molecule has 4 nitrogen and oxygen atoms in total. The molecule has 0 amide bonds. The van der Waals surface area contributed by atoms with Gasteiger partial charge in [-0.3, -0.25) is 0 Å². The molecule has 2 aromatic carbocycles. The third-order valence-corrected chi connectivity index (χ3v) is 3.78. The minimum absolute atomic E-state index is 0.249. The Labute approximate surface area is 141 Å². The zero-order chi connectivity index (χ0) is 17.1. The first-order valence-electron chi connectivity index (χ1n) is 7.68. The molecule has 1 heterocycles. The van der Waals surface area contributed by atoms with Crippen LogP contribution >= 0.6 is 0 Å². The maximum absolute atomic E-state index is 12.0. The molecule has 24 heavy (non-hydrogen) atoms. The average molecular weight is 318 g/mol. The number of nitrogens with zero attached hydrogens (tertiary/aromatic N) is 2. The van der Waals surface area contributed by atoms with Crippen LogP contribution in [0.2, 0.25) is 0 Å². The van der Waals surface area contributed by atoms with Crippen LogP contribution in [-0.2, 0) is 4.74 Å². The van der Waals surface area contributed by atoms with Gasteiger partial charge in [-0.2, -0.15) is 0 Å². The van der Waals surface area contributed by atoms with Gasteiger partial charge in [0.2, 0.25) is 0 Å². The molecule has 0 saturated heterocycles. The number of aryl methyl sites for hydroxylation is 2. The predicted molar refractivity (Wildman–Crippen MR) is 93.7 cm³/mol. The second-order valence-electron chi connectivity index (χ2n) is 5.69. The second-order valence-corrected chi connectivity index (χ2v) is 5.69. The lowest BCUT2D eigenvalue weighted by Crippen LogP contribution is -2.07. The van der Waals surface area contributed by atoms with E-state index in [9.17, 15) is 4.79 Å². The van der Waals surface area contributed by atoms with E-state index < -0.39 is 5.97 Å². The molecule has 0 spiro atoms. The Morgan fingerprint density at radius 2 is 1.38 bits per heavy atom. The quantitative estimate of drug-likeness (QED) is 0.679. The summed E-state index contributed by atoms with van der Waals surface area (Å²) in [5.41, 5.74) is 5.06. The van der Waals surface area contributed by atoms with Gasteiger partial charge >= 0.3 is 5.97 Å². The van der Waals surface area contributed by atoms with E-state index >= 15 is 0 Å². The van der Waals surface area contributed by atoms with Crippen LogP contribution in [0.25, 0.3) is 22.6 Å². The van der Waals surface area contributed by atoms with Crippen LogP contribution in [0.3, 0.4) is 0 Å². The summed E-state index contributed by atoms with van der Waals surface area (Å²) in [7, 11) is 1.35. The lowest BCUT2D eigenvalue weighted by atomic mass is 10.1. The highest BCUT2D eigenvalue weighted by atomic mass is 16.5. The van der Waals surface area contributed by atoms with Crippen LogP contribution in [0.15, 0.2) is 54.6 Å². The van der Waals surface area contributed by atoms with Crippen LogP contribution in [0.1, 0.15) is 21.6 Å². The molecule has 0 aliphatic heterocycles. The molecule has 0 aliphatic rings. The van der Waals surface area contributed by atoms with Gasteiger partial charge in [0.15, 0.2) is 11.5 Å². The standard InChI is InChI=1S/C20H18N2O2/c1-13-4-8-15(9-5-13)17-12-18(20(23)24-3)22-19(21-17)16-10-6-14(2)7-11-16/h4-12H,1-3H3. The topological polar surface area (TPSA) is 52.1 Å². The van der Waals surface area contributed by atoms with Crippen LogP contribution in [0, 0.1) is 13.8 Å². The number of aromatic nitrogens is 2. The highest BCUT2D eigenvalue weighted by Gasteiger charge is 2.14. The molecule has 4 heteroatoms. The van der Waals surface area contributed by atoms with Gasteiger partial charge < -0.3 is 4.74 Å². The van der Waals surface area contributed by atoms with Gasteiger partial charge in [0.25, 0.3) is 0 Å². The third-order valence-electron chi connectivity index (χ3n) is 3.78. The van der Waals surface area contributed by atoms with Crippen molar-refractivity contribution in [2.24, 2.45) is 0 Å². The van der Waals surface area contributed by atoms with Crippen molar-refractivity contribution in [3.05, 3.63) is 71.4 Å². The molecule has 0 atom stereocenters. The lowest BCUT2D eigenvalue weighted by molar-refractivity contribution is 0.0594. The summed E-state index contributed by atoms with van der Waals surface area (Å²) < 4.78 is 4.83. The van der Waals surface area contributed by atoms with E-state index in [4.69, 9.17) is 4.74 Å². The summed E-state index contributed by atoms with van der Waals surface area (Å²) in [4.78, 5) is 21.0. The first kappa shape index (κ1) is 15.9. The van der Waals surface area contributed by atoms with Crippen molar-refractivity contribution in [2.75, 3.05) is 7.11 Å². The number of hydrogen-bond acceptors (Lipinski definition) is 4. The van der Waals surface area contributed by atoms with Gasteiger partial charge in [0.05, 0.1) is 12.8 Å². The van der Waals surface area contributed by atoms with Crippen LogP contribution in [0.4, 0.5) is 0 Å². The van der Waals surface area contributed by atoms with E-state index in [0.717, 1.165) is 16.7 Å². The summed E-state index contributed by atoms with van der Waals surface area (Å²) in [6.45, 7) is 4.05. The fraction of sp³-hybridized carbons (Fsp3) is 0.150. The van der Waals surface area contributed by atoms with Crippen molar-refractivity contribution < 1.29 is 9.53 Å². The fourth-order valence-electron chi connectivity index (χ4n) is 2.36. The summed E-state index contributed by atoms with van der Waals surface area (Å²) in [6, 6.07) is 17.5. The minimum Gasteiger partial charge on any atom is -0.464 e. The lowest BCUT2D eigenvalue weighted by Gasteiger charge is -2.08. The van der Waals surface area contributed by atoms with Gasteiger partial charge in [0, 0.05) is 11.1 Å². The highest BCUT2D eigenvalue weighted by molar-refractivity contribution is 5.89. The van der Waals surface area contributed by atoms with E-state index in [2.05, 4.69) is 9.97 Å². The maximum Gasteiger partial charge on any atom is 0.356 e. The number of ether oxygens (including phenoxy) is 1. The van der Waals surface area contributed by atoms with Crippen LogP contribution in [-0.4, -0.2) is 23.0 Å². The predicted octanol–water partition coefficient (Wildman–Crippen LogP) is 4.21. The van der Waals surface area contributed by atoms with E-state index in [1.54, 1.807) is 6.07 Å². The molecule has 0 saturated carbocycles. The number of carbonyl (C=O) groups is 1. The van der Waals surface area contributed by atoms with Crippen molar-refractivity contribution in [1.82, 2.24) is 9.97 Å². The molecule has 0 radical (unpaired) electrons. The first-order chi connectivity index (χ1) is 11.6. The van der Waals surface area contributed by atoms with Crippen molar-refractivity contribution >= 4 is 5.97 Å². The summed E-state index contributed by atoms with van der Waals surface area (Å²) in [5.74, 6) is 0.0348. The van der Waals surface area contributed by atoms with Gasteiger partial charge in [-0.05, 0) is 19.9 Å². The van der Waals surface area contributed by atoms with Gasteiger partial charge in [0.1, 0.15) is 0 Å². The number of hydrogen-bond donors (Lipinski definition) is 0. The van der Waals surface area contributed by atoms with Crippen molar-refractivity contribution in [2.45, 2.75) is 13.8 Å². The number of benzene rings is 2. The number of methoxy groups -OCH3 is 1. The van der Waals surface area contributed by atoms with Gasteiger partial charge in [-0.25, -0.2) is 14.8 Å². The number of esters is 1. The molecular weight excluding hydrogens is 300 g/mol.